The topological polar surface area (TPSA) is 64.6 Å². The zero-order valence-electron chi connectivity index (χ0n) is 8.99. The number of methoxy groups -OCH3 is 2. The van der Waals surface area contributed by atoms with Crippen LogP contribution in [0.5, 0.6) is 0 Å². The van der Waals surface area contributed by atoms with Crippen LogP contribution in [0.15, 0.2) is 0 Å². The summed E-state index contributed by atoms with van der Waals surface area (Å²) in [7, 11) is 2.60. The van der Waals surface area contributed by atoms with Crippen LogP contribution in [0.3, 0.4) is 0 Å². The molecule has 1 unspecified atom stereocenters. The summed E-state index contributed by atoms with van der Waals surface area (Å²) in [5.74, 6) is -0.201. The molecule has 0 fully saturated rings. The van der Waals surface area contributed by atoms with Crippen LogP contribution in [-0.2, 0) is 14.3 Å². The van der Waals surface area contributed by atoms with E-state index in [-0.39, 0.29) is 24.3 Å². The van der Waals surface area contributed by atoms with E-state index in [1.165, 1.54) is 14.2 Å². The van der Waals surface area contributed by atoms with Gasteiger partial charge < -0.3 is 14.8 Å². The van der Waals surface area contributed by atoms with Crippen molar-refractivity contribution in [3.63, 3.8) is 0 Å². The number of rotatable bonds is 4. The predicted molar refractivity (Wildman–Crippen MR) is 50.8 cm³/mol. The molecule has 0 aliphatic heterocycles. The highest BCUT2D eigenvalue weighted by Gasteiger charge is 2.20. The number of hydrogen-bond donors (Lipinski definition) is 1. The van der Waals surface area contributed by atoms with E-state index in [9.17, 15) is 9.59 Å². The highest BCUT2D eigenvalue weighted by molar-refractivity contribution is 5.72. The lowest BCUT2D eigenvalue weighted by atomic mass is 10.0. The Kier molecular flexibility index (Phi) is 5.67. The number of carbonyl (C=O) groups excluding carboxylic acids is 2. The highest BCUT2D eigenvalue weighted by Crippen LogP contribution is 2.07. The number of amides is 1. The highest BCUT2D eigenvalue weighted by atomic mass is 16.5. The Labute approximate surface area is 83.8 Å². The maximum absolute atomic E-state index is 11.0. The van der Waals surface area contributed by atoms with Gasteiger partial charge in [-0.25, -0.2) is 4.79 Å². The zero-order chi connectivity index (χ0) is 11.1. The van der Waals surface area contributed by atoms with E-state index in [2.05, 4.69) is 14.8 Å². The Balaban J connectivity index is 4.16. The van der Waals surface area contributed by atoms with Gasteiger partial charge in [-0.15, -0.1) is 0 Å². The SMILES string of the molecule is COC(=O)CC(NC(=O)OC)C(C)C. The van der Waals surface area contributed by atoms with Gasteiger partial charge in [0.15, 0.2) is 0 Å². The van der Waals surface area contributed by atoms with Crippen LogP contribution in [0.25, 0.3) is 0 Å². The lowest BCUT2D eigenvalue weighted by Crippen LogP contribution is -2.40. The maximum atomic E-state index is 11.0. The minimum Gasteiger partial charge on any atom is -0.469 e. The second-order valence-corrected chi connectivity index (χ2v) is 3.27. The van der Waals surface area contributed by atoms with Gasteiger partial charge in [-0.2, -0.15) is 0 Å². The monoisotopic (exact) mass is 203 g/mol. The normalized spacial score (nSPS) is 12.1. The summed E-state index contributed by atoms with van der Waals surface area (Å²) in [6, 6.07) is -0.255. The average Bonchev–Trinajstić information content (AvgIpc) is 2.16. The molecule has 1 amide bonds. The molecule has 14 heavy (non-hydrogen) atoms. The molecule has 0 aromatic heterocycles. The van der Waals surface area contributed by atoms with Crippen molar-refractivity contribution >= 4 is 12.1 Å². The number of nitrogens with one attached hydrogen (secondary N) is 1. The molecule has 0 saturated heterocycles. The lowest BCUT2D eigenvalue weighted by Gasteiger charge is -2.20. The third kappa shape index (κ3) is 4.69. The van der Waals surface area contributed by atoms with Crippen molar-refractivity contribution in [3.05, 3.63) is 0 Å². The van der Waals surface area contributed by atoms with Gasteiger partial charge >= 0.3 is 12.1 Å². The molecule has 1 N–H and O–H groups in total. The smallest absolute Gasteiger partial charge is 0.407 e. The van der Waals surface area contributed by atoms with Crippen molar-refractivity contribution in [2.45, 2.75) is 26.3 Å². The number of carbonyl (C=O) groups is 2. The molecule has 0 bridgehead atoms. The van der Waals surface area contributed by atoms with Crippen molar-refractivity contribution in [2.75, 3.05) is 14.2 Å². The first-order valence-corrected chi connectivity index (χ1v) is 4.42. The van der Waals surface area contributed by atoms with Crippen molar-refractivity contribution in [1.29, 1.82) is 0 Å². The summed E-state index contributed by atoms with van der Waals surface area (Å²) < 4.78 is 8.96. The average molecular weight is 203 g/mol. The number of ether oxygens (including phenoxy) is 2. The van der Waals surface area contributed by atoms with Gasteiger partial charge in [-0.1, -0.05) is 13.8 Å². The van der Waals surface area contributed by atoms with E-state index in [0.717, 1.165) is 0 Å². The minimum absolute atomic E-state index is 0.146. The summed E-state index contributed by atoms with van der Waals surface area (Å²) in [4.78, 5) is 21.9. The minimum atomic E-state index is -0.535. The van der Waals surface area contributed by atoms with Crippen molar-refractivity contribution < 1.29 is 19.1 Å². The van der Waals surface area contributed by atoms with Gasteiger partial charge in [0.25, 0.3) is 0 Å². The van der Waals surface area contributed by atoms with Crippen LogP contribution in [-0.4, -0.2) is 32.3 Å². The molecule has 82 valence electrons. The number of alkyl carbamates (subject to hydrolysis) is 1. The Hall–Kier alpha value is -1.26. The molecule has 5 heteroatoms. The van der Waals surface area contributed by atoms with Crippen LogP contribution in [0.1, 0.15) is 20.3 Å². The summed E-state index contributed by atoms with van der Waals surface area (Å²) in [6.45, 7) is 3.81. The van der Waals surface area contributed by atoms with Gasteiger partial charge in [0.05, 0.1) is 20.6 Å². The molecular formula is C9H17NO4. The third-order valence-corrected chi connectivity index (χ3v) is 1.91. The summed E-state index contributed by atoms with van der Waals surface area (Å²) in [5, 5.41) is 2.57. The van der Waals surface area contributed by atoms with E-state index in [4.69, 9.17) is 0 Å². The van der Waals surface area contributed by atoms with E-state index in [1.54, 1.807) is 0 Å². The maximum Gasteiger partial charge on any atom is 0.407 e. The van der Waals surface area contributed by atoms with Crippen molar-refractivity contribution in [2.24, 2.45) is 5.92 Å². The summed E-state index contributed by atoms with van der Waals surface area (Å²) in [6.07, 6.45) is -0.379. The first kappa shape index (κ1) is 12.7. The molecule has 0 aliphatic rings. The van der Waals surface area contributed by atoms with Crippen molar-refractivity contribution in [1.82, 2.24) is 5.32 Å². The van der Waals surface area contributed by atoms with Crippen LogP contribution in [0.4, 0.5) is 4.79 Å². The predicted octanol–water partition coefficient (Wildman–Crippen LogP) is 0.930. The van der Waals surface area contributed by atoms with E-state index in [0.29, 0.717) is 0 Å². The second-order valence-electron chi connectivity index (χ2n) is 3.27. The molecule has 0 aliphatic carbocycles. The quantitative estimate of drug-likeness (QED) is 0.690. The lowest BCUT2D eigenvalue weighted by molar-refractivity contribution is -0.141. The largest absolute Gasteiger partial charge is 0.469 e. The van der Waals surface area contributed by atoms with Gasteiger partial charge in [-0.3, -0.25) is 4.79 Å². The summed E-state index contributed by atoms with van der Waals surface area (Å²) in [5.41, 5.74) is 0. The molecule has 0 radical (unpaired) electrons. The standard InChI is InChI=1S/C9H17NO4/c1-6(2)7(5-8(11)13-3)10-9(12)14-4/h6-7H,5H2,1-4H3,(H,10,12). The molecule has 0 rings (SSSR count). The molecule has 0 heterocycles. The Bertz CT molecular complexity index is 185. The first-order valence-electron chi connectivity index (χ1n) is 4.42. The van der Waals surface area contributed by atoms with E-state index < -0.39 is 6.09 Å². The fourth-order valence-electron chi connectivity index (χ4n) is 0.927. The fraction of sp³-hybridized carbons (Fsp3) is 0.778. The molecule has 5 nitrogen and oxygen atoms in total. The first-order chi connectivity index (χ1) is 6.51. The van der Waals surface area contributed by atoms with E-state index in [1.807, 2.05) is 13.8 Å². The summed E-state index contributed by atoms with van der Waals surface area (Å²) >= 11 is 0. The van der Waals surface area contributed by atoms with Gasteiger partial charge in [0.2, 0.25) is 0 Å². The Morgan fingerprint density at radius 1 is 1.21 bits per heavy atom. The molecule has 0 aromatic rings. The van der Waals surface area contributed by atoms with Crippen LogP contribution in [0, 0.1) is 5.92 Å². The fourth-order valence-corrected chi connectivity index (χ4v) is 0.927. The van der Waals surface area contributed by atoms with Gasteiger partial charge in [0.1, 0.15) is 0 Å². The van der Waals surface area contributed by atoms with Gasteiger partial charge in [0, 0.05) is 6.04 Å². The number of hydrogen-bond acceptors (Lipinski definition) is 4. The van der Waals surface area contributed by atoms with Crippen molar-refractivity contribution in [3.8, 4) is 0 Å². The second kappa shape index (κ2) is 6.23. The Morgan fingerprint density at radius 3 is 2.14 bits per heavy atom. The van der Waals surface area contributed by atoms with Crippen LogP contribution >= 0.6 is 0 Å². The van der Waals surface area contributed by atoms with Crippen LogP contribution < -0.4 is 5.32 Å². The molecular weight excluding hydrogens is 186 g/mol. The molecule has 0 spiro atoms. The third-order valence-electron chi connectivity index (χ3n) is 1.91. The van der Waals surface area contributed by atoms with Crippen LogP contribution in [0.2, 0.25) is 0 Å². The Morgan fingerprint density at radius 2 is 1.79 bits per heavy atom. The number of esters is 1. The molecule has 0 aromatic carbocycles. The molecule has 0 saturated carbocycles. The van der Waals surface area contributed by atoms with E-state index >= 15 is 0 Å². The zero-order valence-corrected chi connectivity index (χ0v) is 8.99. The van der Waals surface area contributed by atoms with Gasteiger partial charge in [-0.05, 0) is 5.92 Å². The molecule has 1 atom stereocenters.